The van der Waals surface area contributed by atoms with Crippen LogP contribution in [0.25, 0.3) is 10.8 Å². The van der Waals surface area contributed by atoms with Crippen LogP contribution >= 0.6 is 0 Å². The van der Waals surface area contributed by atoms with Crippen molar-refractivity contribution in [2.24, 2.45) is 5.73 Å². The number of ether oxygens (including phenoxy) is 1. The maximum atomic E-state index is 6.37. The number of fused-ring (bicyclic) bond motifs is 1. The van der Waals surface area contributed by atoms with E-state index in [1.54, 1.807) is 0 Å². The van der Waals surface area contributed by atoms with Crippen molar-refractivity contribution in [3.63, 3.8) is 0 Å². The van der Waals surface area contributed by atoms with Gasteiger partial charge < -0.3 is 10.5 Å². The largest absolute Gasteiger partial charge is 0.494 e. The van der Waals surface area contributed by atoms with Gasteiger partial charge in [-0.25, -0.2) is 0 Å². The molecule has 0 aliphatic heterocycles. The van der Waals surface area contributed by atoms with Gasteiger partial charge in [-0.05, 0) is 35.4 Å². The van der Waals surface area contributed by atoms with E-state index in [0.717, 1.165) is 12.2 Å². The highest BCUT2D eigenvalue weighted by molar-refractivity contribution is 5.86. The Balaban J connectivity index is 1.66. The molecule has 3 aromatic rings. The first-order chi connectivity index (χ1) is 10.7. The molecule has 22 heavy (non-hydrogen) atoms. The minimum Gasteiger partial charge on any atom is -0.494 e. The van der Waals surface area contributed by atoms with Gasteiger partial charge in [-0.15, -0.1) is 0 Å². The zero-order valence-electron chi connectivity index (χ0n) is 12.8. The fourth-order valence-electron chi connectivity index (χ4n) is 2.67. The molecule has 0 fully saturated rings. The molecule has 112 valence electrons. The average molecular weight is 291 g/mol. The van der Waals surface area contributed by atoms with Crippen molar-refractivity contribution in [2.45, 2.75) is 19.4 Å². The topological polar surface area (TPSA) is 35.2 Å². The summed E-state index contributed by atoms with van der Waals surface area (Å²) in [6, 6.07) is 22.7. The van der Waals surface area contributed by atoms with Crippen molar-refractivity contribution in [3.8, 4) is 5.75 Å². The van der Waals surface area contributed by atoms with E-state index in [2.05, 4.69) is 61.5 Å². The molecule has 0 aromatic heterocycles. The van der Waals surface area contributed by atoms with Crippen molar-refractivity contribution >= 4 is 10.8 Å². The molecule has 0 aliphatic rings. The first-order valence-corrected chi connectivity index (χ1v) is 7.67. The van der Waals surface area contributed by atoms with Crippen LogP contribution in [-0.4, -0.2) is 6.61 Å². The van der Waals surface area contributed by atoms with E-state index in [9.17, 15) is 0 Å². The van der Waals surface area contributed by atoms with Gasteiger partial charge in [0.15, 0.2) is 0 Å². The number of benzene rings is 3. The number of aryl methyl sites for hydroxylation is 1. The summed E-state index contributed by atoms with van der Waals surface area (Å²) in [6.45, 7) is 2.69. The maximum Gasteiger partial charge on any atom is 0.119 e. The molecule has 2 N–H and O–H groups in total. The summed E-state index contributed by atoms with van der Waals surface area (Å²) in [5.41, 5.74) is 8.79. The maximum absolute atomic E-state index is 6.37. The lowest BCUT2D eigenvalue weighted by Gasteiger charge is -2.15. The summed E-state index contributed by atoms with van der Waals surface area (Å²) in [5, 5.41) is 2.46. The summed E-state index contributed by atoms with van der Waals surface area (Å²) < 4.78 is 5.79. The van der Waals surface area contributed by atoms with Gasteiger partial charge in [-0.3, -0.25) is 0 Å². The summed E-state index contributed by atoms with van der Waals surface area (Å²) in [4.78, 5) is 0. The minimum atomic E-state index is -0.0171. The summed E-state index contributed by atoms with van der Waals surface area (Å²) in [5.74, 6) is 0.899. The molecule has 2 heteroatoms. The molecule has 0 spiro atoms. The molecule has 3 aromatic carbocycles. The third-order valence-corrected chi connectivity index (χ3v) is 3.94. The monoisotopic (exact) mass is 291 g/mol. The van der Waals surface area contributed by atoms with Crippen LogP contribution in [0.2, 0.25) is 0 Å². The second-order valence-corrected chi connectivity index (χ2v) is 5.63. The van der Waals surface area contributed by atoms with Gasteiger partial charge in [0.2, 0.25) is 0 Å². The normalized spacial score (nSPS) is 12.3. The van der Waals surface area contributed by atoms with Crippen LogP contribution in [-0.2, 0) is 0 Å². The predicted octanol–water partition coefficient (Wildman–Crippen LogP) is 4.62. The molecule has 1 unspecified atom stereocenters. The van der Waals surface area contributed by atoms with Crippen molar-refractivity contribution in [1.82, 2.24) is 0 Å². The third kappa shape index (κ3) is 3.29. The van der Waals surface area contributed by atoms with E-state index in [1.807, 2.05) is 12.1 Å². The molecule has 1 atom stereocenters. The molecule has 0 heterocycles. The van der Waals surface area contributed by atoms with E-state index >= 15 is 0 Å². The van der Waals surface area contributed by atoms with Crippen LogP contribution < -0.4 is 10.5 Å². The molecule has 0 amide bonds. The smallest absolute Gasteiger partial charge is 0.119 e. The predicted molar refractivity (Wildman–Crippen MR) is 92.2 cm³/mol. The highest BCUT2D eigenvalue weighted by Gasteiger charge is 2.09. The van der Waals surface area contributed by atoms with Crippen molar-refractivity contribution in [2.75, 3.05) is 6.61 Å². The SMILES string of the molecule is Cc1ccc(OCCC(N)c2cccc3ccccc23)cc1. The quantitative estimate of drug-likeness (QED) is 0.744. The molecule has 3 rings (SSSR count). The van der Waals surface area contributed by atoms with Crippen LogP contribution in [0.4, 0.5) is 0 Å². The molecule has 0 bridgehead atoms. The molecule has 0 saturated heterocycles. The lowest BCUT2D eigenvalue weighted by atomic mass is 9.98. The average Bonchev–Trinajstić information content (AvgIpc) is 2.56. The second-order valence-electron chi connectivity index (χ2n) is 5.63. The van der Waals surface area contributed by atoms with E-state index in [-0.39, 0.29) is 6.04 Å². The fourth-order valence-corrected chi connectivity index (χ4v) is 2.67. The summed E-state index contributed by atoms with van der Waals surface area (Å²) >= 11 is 0. The lowest BCUT2D eigenvalue weighted by Crippen LogP contribution is -2.14. The molecule has 0 aliphatic carbocycles. The Bertz CT molecular complexity index is 744. The first kappa shape index (κ1) is 14.6. The Kier molecular flexibility index (Phi) is 4.40. The van der Waals surface area contributed by atoms with Crippen molar-refractivity contribution in [3.05, 3.63) is 77.9 Å². The third-order valence-electron chi connectivity index (χ3n) is 3.94. The van der Waals surface area contributed by atoms with E-state index < -0.39 is 0 Å². The molecule has 2 nitrogen and oxygen atoms in total. The summed E-state index contributed by atoms with van der Waals surface area (Å²) in [7, 11) is 0. The number of nitrogens with two attached hydrogens (primary N) is 1. The van der Waals surface area contributed by atoms with Crippen LogP contribution in [0.3, 0.4) is 0 Å². The Morgan fingerprint density at radius 3 is 2.45 bits per heavy atom. The van der Waals surface area contributed by atoms with Crippen LogP contribution in [0.15, 0.2) is 66.7 Å². The lowest BCUT2D eigenvalue weighted by molar-refractivity contribution is 0.299. The number of hydrogen-bond donors (Lipinski definition) is 1. The standard InChI is InChI=1S/C20H21NO/c1-15-9-11-17(12-10-15)22-14-13-20(21)19-8-4-6-16-5-2-3-7-18(16)19/h2-12,20H,13-14,21H2,1H3. The van der Waals surface area contributed by atoms with Gasteiger partial charge in [0.1, 0.15) is 5.75 Å². The van der Waals surface area contributed by atoms with E-state index in [1.165, 1.54) is 21.9 Å². The number of rotatable bonds is 5. The number of hydrogen-bond acceptors (Lipinski definition) is 2. The van der Waals surface area contributed by atoms with Gasteiger partial charge in [-0.1, -0.05) is 60.2 Å². The first-order valence-electron chi connectivity index (χ1n) is 7.67. The molecular formula is C20H21NO. The Labute approximate surface area is 131 Å². The molecule has 0 radical (unpaired) electrons. The zero-order chi connectivity index (χ0) is 15.4. The second kappa shape index (κ2) is 6.63. The zero-order valence-corrected chi connectivity index (χ0v) is 12.8. The highest BCUT2D eigenvalue weighted by Crippen LogP contribution is 2.25. The fraction of sp³-hybridized carbons (Fsp3) is 0.200. The van der Waals surface area contributed by atoms with Crippen LogP contribution in [0, 0.1) is 6.92 Å². The van der Waals surface area contributed by atoms with Crippen LogP contribution in [0.5, 0.6) is 5.75 Å². The molecular weight excluding hydrogens is 270 g/mol. The van der Waals surface area contributed by atoms with Crippen molar-refractivity contribution < 1.29 is 4.74 Å². The highest BCUT2D eigenvalue weighted by atomic mass is 16.5. The van der Waals surface area contributed by atoms with E-state index in [0.29, 0.717) is 6.61 Å². The van der Waals surface area contributed by atoms with Gasteiger partial charge >= 0.3 is 0 Å². The summed E-state index contributed by atoms with van der Waals surface area (Å²) in [6.07, 6.45) is 0.794. The van der Waals surface area contributed by atoms with Gasteiger partial charge in [-0.2, -0.15) is 0 Å². The van der Waals surface area contributed by atoms with Gasteiger partial charge in [0, 0.05) is 12.5 Å². The Morgan fingerprint density at radius 2 is 1.64 bits per heavy atom. The Morgan fingerprint density at radius 1 is 0.909 bits per heavy atom. The van der Waals surface area contributed by atoms with Crippen molar-refractivity contribution in [1.29, 1.82) is 0 Å². The van der Waals surface area contributed by atoms with Gasteiger partial charge in [0.25, 0.3) is 0 Å². The van der Waals surface area contributed by atoms with Gasteiger partial charge in [0.05, 0.1) is 6.61 Å². The van der Waals surface area contributed by atoms with E-state index in [4.69, 9.17) is 10.5 Å². The van der Waals surface area contributed by atoms with Crippen LogP contribution in [0.1, 0.15) is 23.6 Å². The molecule has 0 saturated carbocycles. The minimum absolute atomic E-state index is 0.0171. The Hall–Kier alpha value is -2.32.